The molecule has 1 fully saturated rings. The minimum atomic E-state index is -0.460. The smallest absolute Gasteiger partial charge is 0.341 e. The largest absolute Gasteiger partial charge is 0.466 e. The summed E-state index contributed by atoms with van der Waals surface area (Å²) in [6, 6.07) is 9.54. The predicted octanol–water partition coefficient (Wildman–Crippen LogP) is 3.81. The number of carbonyl (C=O) groups is 3. The summed E-state index contributed by atoms with van der Waals surface area (Å²) >= 11 is 1.30. The Morgan fingerprint density at radius 3 is 2.58 bits per heavy atom. The number of nitrogens with one attached hydrogen (secondary N) is 1. The minimum absolute atomic E-state index is 0.150. The number of likely N-dealkylation sites (tertiary alicyclic amines) is 1. The number of ether oxygens (including phenoxy) is 2. The summed E-state index contributed by atoms with van der Waals surface area (Å²) in [5.74, 6) is -1.10. The molecule has 0 bridgehead atoms. The highest BCUT2D eigenvalue weighted by Crippen LogP contribution is 2.36. The molecule has 0 saturated carbocycles. The zero-order chi connectivity index (χ0) is 22.2. The maximum atomic E-state index is 12.7. The fraction of sp³-hybridized carbons (Fsp3) is 0.435. The molecule has 1 N–H and O–H groups in total. The topological polar surface area (TPSA) is 84.9 Å². The molecule has 1 atom stereocenters. The van der Waals surface area contributed by atoms with Crippen molar-refractivity contribution >= 4 is 34.2 Å². The summed E-state index contributed by atoms with van der Waals surface area (Å²) in [6.07, 6.45) is 1.61. The second-order valence-corrected chi connectivity index (χ2v) is 8.19. The molecule has 0 spiro atoms. The number of esters is 2. The Balaban J connectivity index is 1.71. The molecular weight excluding hydrogens is 416 g/mol. The standard InChI is InChI=1S/C23H28N2O5S/c1-3-29-22(27)17-11-8-12-25(13-17)14-19(26)24-21-20(23(28)30-4-2)18(15-31-21)16-9-6-5-7-10-16/h5-7,9-10,15,17H,3-4,8,11-14H2,1-2H3,(H,24,26). The molecule has 1 aromatic carbocycles. The number of nitrogens with zero attached hydrogens (tertiary/aromatic N) is 1. The van der Waals surface area contributed by atoms with E-state index in [1.165, 1.54) is 11.3 Å². The van der Waals surface area contributed by atoms with E-state index < -0.39 is 5.97 Å². The van der Waals surface area contributed by atoms with Crippen LogP contribution in [0.5, 0.6) is 0 Å². The third-order valence-electron chi connectivity index (χ3n) is 5.10. The van der Waals surface area contributed by atoms with E-state index in [0.717, 1.165) is 30.5 Å². The predicted molar refractivity (Wildman–Crippen MR) is 120 cm³/mol. The summed E-state index contributed by atoms with van der Waals surface area (Å²) in [5, 5.41) is 5.21. The molecule has 1 aromatic heterocycles. The third kappa shape index (κ3) is 5.92. The molecule has 7 nitrogen and oxygen atoms in total. The number of rotatable bonds is 8. The number of amides is 1. The van der Waals surface area contributed by atoms with Crippen molar-refractivity contribution in [3.8, 4) is 11.1 Å². The number of carbonyl (C=O) groups excluding carboxylic acids is 3. The van der Waals surface area contributed by atoms with Crippen molar-refractivity contribution in [1.29, 1.82) is 0 Å². The first-order valence-corrected chi connectivity index (χ1v) is 11.4. The van der Waals surface area contributed by atoms with Crippen LogP contribution in [0.2, 0.25) is 0 Å². The SMILES string of the molecule is CCOC(=O)c1c(-c2ccccc2)csc1NC(=O)CN1CCCC(C(=O)OCC)C1. The molecular formula is C23H28N2O5S. The van der Waals surface area contributed by atoms with Crippen molar-refractivity contribution in [2.45, 2.75) is 26.7 Å². The second-order valence-electron chi connectivity index (χ2n) is 7.31. The van der Waals surface area contributed by atoms with Crippen LogP contribution in [0.15, 0.2) is 35.7 Å². The third-order valence-corrected chi connectivity index (χ3v) is 6.00. The van der Waals surface area contributed by atoms with Crippen molar-refractivity contribution in [1.82, 2.24) is 4.90 Å². The number of piperidine rings is 1. The molecule has 0 aliphatic carbocycles. The van der Waals surface area contributed by atoms with Gasteiger partial charge < -0.3 is 14.8 Å². The van der Waals surface area contributed by atoms with Gasteiger partial charge in [-0.1, -0.05) is 30.3 Å². The van der Waals surface area contributed by atoms with Gasteiger partial charge in [0.05, 0.1) is 25.7 Å². The van der Waals surface area contributed by atoms with Gasteiger partial charge in [-0.2, -0.15) is 0 Å². The monoisotopic (exact) mass is 444 g/mol. The Bertz CT molecular complexity index is 912. The van der Waals surface area contributed by atoms with E-state index in [-0.39, 0.29) is 30.9 Å². The zero-order valence-electron chi connectivity index (χ0n) is 17.9. The molecule has 8 heteroatoms. The molecule has 1 aliphatic rings. The highest BCUT2D eigenvalue weighted by atomic mass is 32.1. The first kappa shape index (κ1) is 23.0. The summed E-state index contributed by atoms with van der Waals surface area (Å²) in [5.41, 5.74) is 1.99. The van der Waals surface area contributed by atoms with Crippen LogP contribution in [0.3, 0.4) is 0 Å². The van der Waals surface area contributed by atoms with Crippen LogP contribution in [-0.4, -0.2) is 55.6 Å². The highest BCUT2D eigenvalue weighted by Gasteiger charge is 2.28. The number of anilines is 1. The van der Waals surface area contributed by atoms with Gasteiger partial charge in [0.2, 0.25) is 5.91 Å². The fourth-order valence-corrected chi connectivity index (χ4v) is 4.68. The molecule has 3 rings (SSSR count). The van der Waals surface area contributed by atoms with E-state index in [1.54, 1.807) is 13.8 Å². The Kier molecular flexibility index (Phi) is 8.20. The van der Waals surface area contributed by atoms with Crippen molar-refractivity contribution in [3.05, 3.63) is 41.3 Å². The Morgan fingerprint density at radius 1 is 1.13 bits per heavy atom. The van der Waals surface area contributed by atoms with Gasteiger partial charge in [-0.3, -0.25) is 14.5 Å². The second kappa shape index (κ2) is 11.1. The molecule has 2 heterocycles. The van der Waals surface area contributed by atoms with Crippen molar-refractivity contribution in [3.63, 3.8) is 0 Å². The number of benzene rings is 1. The summed E-state index contributed by atoms with van der Waals surface area (Å²) in [4.78, 5) is 39.4. The van der Waals surface area contributed by atoms with Crippen LogP contribution in [-0.2, 0) is 19.1 Å². The maximum Gasteiger partial charge on any atom is 0.341 e. The van der Waals surface area contributed by atoms with Gasteiger partial charge in [0.25, 0.3) is 0 Å². The minimum Gasteiger partial charge on any atom is -0.466 e. The van der Waals surface area contributed by atoms with E-state index in [1.807, 2.05) is 40.6 Å². The van der Waals surface area contributed by atoms with Crippen molar-refractivity contribution in [2.24, 2.45) is 5.92 Å². The zero-order valence-corrected chi connectivity index (χ0v) is 18.7. The molecule has 166 valence electrons. The van der Waals surface area contributed by atoms with Crippen LogP contribution in [0.4, 0.5) is 5.00 Å². The molecule has 1 saturated heterocycles. The number of thiophene rings is 1. The van der Waals surface area contributed by atoms with Crippen LogP contribution in [0.25, 0.3) is 11.1 Å². The molecule has 1 amide bonds. The maximum absolute atomic E-state index is 12.7. The van der Waals surface area contributed by atoms with Gasteiger partial charge in [0, 0.05) is 17.5 Å². The highest BCUT2D eigenvalue weighted by molar-refractivity contribution is 7.15. The van der Waals surface area contributed by atoms with E-state index in [4.69, 9.17) is 9.47 Å². The van der Waals surface area contributed by atoms with Crippen molar-refractivity contribution < 1.29 is 23.9 Å². The molecule has 31 heavy (non-hydrogen) atoms. The quantitative estimate of drug-likeness (QED) is 0.624. The van der Waals surface area contributed by atoms with Gasteiger partial charge in [-0.05, 0) is 38.8 Å². The average molecular weight is 445 g/mol. The summed E-state index contributed by atoms with van der Waals surface area (Å²) < 4.78 is 10.4. The molecule has 2 aromatic rings. The average Bonchev–Trinajstić information content (AvgIpc) is 3.18. The number of hydrogen-bond donors (Lipinski definition) is 1. The van der Waals surface area contributed by atoms with Gasteiger partial charge in [0.15, 0.2) is 0 Å². The van der Waals surface area contributed by atoms with Gasteiger partial charge in [-0.25, -0.2) is 4.79 Å². The van der Waals surface area contributed by atoms with E-state index >= 15 is 0 Å². The van der Waals surface area contributed by atoms with Gasteiger partial charge >= 0.3 is 11.9 Å². The Labute approximate surface area is 186 Å². The van der Waals surface area contributed by atoms with Crippen molar-refractivity contribution in [2.75, 3.05) is 38.2 Å². The summed E-state index contributed by atoms with van der Waals surface area (Å²) in [7, 11) is 0. The van der Waals surface area contributed by atoms with Crippen LogP contribution in [0, 0.1) is 5.92 Å². The summed E-state index contributed by atoms with van der Waals surface area (Å²) in [6.45, 7) is 5.54. The van der Waals surface area contributed by atoms with E-state index in [2.05, 4.69) is 5.32 Å². The lowest BCUT2D eigenvalue weighted by Crippen LogP contribution is -2.43. The Hall–Kier alpha value is -2.71. The van der Waals surface area contributed by atoms with Crippen LogP contribution < -0.4 is 5.32 Å². The molecule has 1 aliphatic heterocycles. The molecule has 0 radical (unpaired) electrons. The number of hydrogen-bond acceptors (Lipinski definition) is 7. The van der Waals surface area contributed by atoms with Gasteiger partial charge in [-0.15, -0.1) is 11.3 Å². The van der Waals surface area contributed by atoms with E-state index in [9.17, 15) is 14.4 Å². The fourth-order valence-electron chi connectivity index (χ4n) is 3.71. The first-order valence-electron chi connectivity index (χ1n) is 10.6. The first-order chi connectivity index (χ1) is 15.0. The lowest BCUT2D eigenvalue weighted by Gasteiger charge is -2.30. The Morgan fingerprint density at radius 2 is 1.87 bits per heavy atom. The van der Waals surface area contributed by atoms with Gasteiger partial charge in [0.1, 0.15) is 10.6 Å². The van der Waals surface area contributed by atoms with Crippen LogP contribution >= 0.6 is 11.3 Å². The normalized spacial score (nSPS) is 16.5. The van der Waals surface area contributed by atoms with E-state index in [0.29, 0.717) is 23.7 Å². The lowest BCUT2D eigenvalue weighted by molar-refractivity contribution is -0.150. The molecule has 1 unspecified atom stereocenters. The van der Waals surface area contributed by atoms with Crippen LogP contribution in [0.1, 0.15) is 37.0 Å². The lowest BCUT2D eigenvalue weighted by atomic mass is 9.98.